The van der Waals surface area contributed by atoms with Gasteiger partial charge in [-0.15, -0.1) is 0 Å². The second-order valence-electron chi connectivity index (χ2n) is 7.90. The van der Waals surface area contributed by atoms with Crippen LogP contribution in [0.15, 0.2) is 0 Å². The smallest absolute Gasteiger partial charge is 0.407 e. The zero-order valence-corrected chi connectivity index (χ0v) is 15.7. The molecule has 1 fully saturated rings. The van der Waals surface area contributed by atoms with Crippen molar-refractivity contribution in [2.45, 2.75) is 97.1 Å². The average Bonchev–Trinajstić information content (AvgIpc) is 2.98. The fourth-order valence-electron chi connectivity index (χ4n) is 3.29. The molecule has 1 amide bonds. The molecule has 0 aromatic rings. The molecule has 1 atom stereocenters. The Kier molecular flexibility index (Phi) is 9.61. The Hall–Kier alpha value is -0.770. The highest BCUT2D eigenvalue weighted by Gasteiger charge is 2.25. The summed E-state index contributed by atoms with van der Waals surface area (Å²) in [4.78, 5) is 11.9. The van der Waals surface area contributed by atoms with Gasteiger partial charge in [0.2, 0.25) is 0 Å². The summed E-state index contributed by atoms with van der Waals surface area (Å²) in [6, 6.07) is 0.385. The normalized spacial score (nSPS) is 17.2. The zero-order valence-electron chi connectivity index (χ0n) is 15.7. The molecule has 136 valence electrons. The fourth-order valence-corrected chi connectivity index (χ4v) is 3.29. The number of ether oxygens (including phenoxy) is 1. The molecule has 1 unspecified atom stereocenters. The van der Waals surface area contributed by atoms with Gasteiger partial charge in [0.15, 0.2) is 0 Å². The molecule has 0 saturated heterocycles. The highest BCUT2D eigenvalue weighted by molar-refractivity contribution is 5.67. The van der Waals surface area contributed by atoms with Crippen LogP contribution < -0.4 is 10.6 Å². The van der Waals surface area contributed by atoms with E-state index in [-0.39, 0.29) is 6.09 Å². The first kappa shape index (κ1) is 20.3. The average molecular weight is 327 g/mol. The lowest BCUT2D eigenvalue weighted by Gasteiger charge is -2.26. The van der Waals surface area contributed by atoms with Crippen LogP contribution in [0.5, 0.6) is 0 Å². The summed E-state index contributed by atoms with van der Waals surface area (Å²) < 4.78 is 5.34. The summed E-state index contributed by atoms with van der Waals surface area (Å²) in [7, 11) is 0. The van der Waals surface area contributed by atoms with Gasteiger partial charge in [-0.25, -0.2) is 4.79 Å². The van der Waals surface area contributed by atoms with E-state index in [9.17, 15) is 4.79 Å². The van der Waals surface area contributed by atoms with Gasteiger partial charge in [0.05, 0.1) is 0 Å². The van der Waals surface area contributed by atoms with Gasteiger partial charge >= 0.3 is 6.09 Å². The molecule has 0 aromatic carbocycles. The first-order valence-electron chi connectivity index (χ1n) is 9.62. The summed E-state index contributed by atoms with van der Waals surface area (Å²) in [5, 5.41) is 6.64. The third-order valence-corrected chi connectivity index (χ3v) is 4.52. The van der Waals surface area contributed by atoms with E-state index in [0.29, 0.717) is 18.5 Å². The van der Waals surface area contributed by atoms with Crippen LogP contribution in [-0.2, 0) is 4.74 Å². The Bertz CT molecular complexity index is 320. The molecule has 1 saturated carbocycles. The first-order chi connectivity index (χ1) is 10.9. The van der Waals surface area contributed by atoms with Gasteiger partial charge in [0, 0.05) is 12.6 Å². The van der Waals surface area contributed by atoms with Crippen LogP contribution in [0.2, 0.25) is 0 Å². The Morgan fingerprint density at radius 3 is 2.39 bits per heavy atom. The minimum atomic E-state index is -0.431. The van der Waals surface area contributed by atoms with Crippen molar-refractivity contribution in [2.75, 3.05) is 13.1 Å². The molecule has 23 heavy (non-hydrogen) atoms. The molecule has 0 aromatic heterocycles. The number of unbranched alkanes of at least 4 members (excludes halogenated alkanes) is 4. The third-order valence-electron chi connectivity index (χ3n) is 4.52. The van der Waals surface area contributed by atoms with Crippen LogP contribution in [0.1, 0.15) is 85.5 Å². The van der Waals surface area contributed by atoms with E-state index in [1.54, 1.807) is 0 Å². The van der Waals surface area contributed by atoms with E-state index in [0.717, 1.165) is 6.54 Å². The molecule has 1 rings (SSSR count). The number of alkyl carbamates (subject to hydrolysis) is 1. The SMILES string of the molecule is CCCCCCCNC(CNC(=O)OC(C)(C)C)C1CCCC1. The van der Waals surface area contributed by atoms with Crippen LogP contribution in [0.25, 0.3) is 0 Å². The molecule has 2 N–H and O–H groups in total. The van der Waals surface area contributed by atoms with Gasteiger partial charge in [-0.1, -0.05) is 45.4 Å². The van der Waals surface area contributed by atoms with Crippen molar-refractivity contribution in [2.24, 2.45) is 5.92 Å². The third kappa shape index (κ3) is 9.85. The van der Waals surface area contributed by atoms with Crippen molar-refractivity contribution in [3.63, 3.8) is 0 Å². The topological polar surface area (TPSA) is 50.4 Å². The lowest BCUT2D eigenvalue weighted by atomic mass is 9.98. The summed E-state index contributed by atoms with van der Waals surface area (Å²) in [6.45, 7) is 9.67. The van der Waals surface area contributed by atoms with Crippen molar-refractivity contribution in [1.29, 1.82) is 0 Å². The standard InChI is InChI=1S/C19H38N2O2/c1-5-6-7-8-11-14-20-17(16-12-9-10-13-16)15-21-18(22)23-19(2,3)4/h16-17,20H,5-15H2,1-4H3,(H,21,22). The predicted molar refractivity (Wildman–Crippen MR) is 96.7 cm³/mol. The van der Waals surface area contributed by atoms with Crippen molar-refractivity contribution in [3.05, 3.63) is 0 Å². The lowest BCUT2D eigenvalue weighted by molar-refractivity contribution is 0.0518. The second kappa shape index (κ2) is 10.9. The molecule has 4 nitrogen and oxygen atoms in total. The number of hydrogen-bond donors (Lipinski definition) is 2. The van der Waals surface area contributed by atoms with Crippen LogP contribution in [0, 0.1) is 5.92 Å². The van der Waals surface area contributed by atoms with Gasteiger partial charge in [0.25, 0.3) is 0 Å². The predicted octanol–water partition coefficient (Wildman–Crippen LogP) is 4.63. The van der Waals surface area contributed by atoms with Gasteiger partial charge in [-0.3, -0.25) is 0 Å². The Labute approximate surface area is 143 Å². The molecule has 1 aliphatic carbocycles. The first-order valence-corrected chi connectivity index (χ1v) is 9.62. The van der Waals surface area contributed by atoms with E-state index in [1.807, 2.05) is 20.8 Å². The van der Waals surface area contributed by atoms with Crippen molar-refractivity contribution >= 4 is 6.09 Å². The van der Waals surface area contributed by atoms with Crippen LogP contribution in [0.4, 0.5) is 4.79 Å². The Balaban J connectivity index is 2.30. The summed E-state index contributed by atoms with van der Waals surface area (Å²) in [5.74, 6) is 0.695. The van der Waals surface area contributed by atoms with Gasteiger partial charge in [-0.05, 0) is 52.5 Å². The quantitative estimate of drug-likeness (QED) is 0.575. The number of rotatable bonds is 10. The van der Waals surface area contributed by atoms with Crippen molar-refractivity contribution in [1.82, 2.24) is 10.6 Å². The summed E-state index contributed by atoms with van der Waals surface area (Å²) in [5.41, 5.74) is -0.431. The maximum atomic E-state index is 11.9. The molecule has 0 heterocycles. The van der Waals surface area contributed by atoms with Crippen molar-refractivity contribution in [3.8, 4) is 0 Å². The Morgan fingerprint density at radius 2 is 1.78 bits per heavy atom. The van der Waals surface area contributed by atoms with Gasteiger partial charge in [-0.2, -0.15) is 0 Å². The summed E-state index contributed by atoms with van der Waals surface area (Å²) in [6.07, 6.45) is 11.4. The molecule has 4 heteroatoms. The molecule has 0 radical (unpaired) electrons. The molecule has 0 spiro atoms. The maximum absolute atomic E-state index is 11.9. The largest absolute Gasteiger partial charge is 0.444 e. The van der Waals surface area contributed by atoms with E-state index in [2.05, 4.69) is 17.6 Å². The van der Waals surface area contributed by atoms with Gasteiger partial charge < -0.3 is 15.4 Å². The van der Waals surface area contributed by atoms with Crippen LogP contribution >= 0.6 is 0 Å². The molecule has 0 aliphatic heterocycles. The fraction of sp³-hybridized carbons (Fsp3) is 0.947. The lowest BCUT2D eigenvalue weighted by Crippen LogP contribution is -2.46. The van der Waals surface area contributed by atoms with Crippen LogP contribution in [-0.4, -0.2) is 30.8 Å². The molecular weight excluding hydrogens is 288 g/mol. The van der Waals surface area contributed by atoms with Crippen LogP contribution in [0.3, 0.4) is 0 Å². The second-order valence-corrected chi connectivity index (χ2v) is 7.90. The number of amides is 1. The molecule has 1 aliphatic rings. The van der Waals surface area contributed by atoms with E-state index >= 15 is 0 Å². The number of carbonyl (C=O) groups excluding carboxylic acids is 1. The van der Waals surface area contributed by atoms with E-state index in [1.165, 1.54) is 57.8 Å². The number of carbonyl (C=O) groups is 1. The summed E-state index contributed by atoms with van der Waals surface area (Å²) >= 11 is 0. The molecule has 0 bridgehead atoms. The number of hydrogen-bond acceptors (Lipinski definition) is 3. The molecular formula is C19H38N2O2. The zero-order chi connectivity index (χ0) is 17.1. The highest BCUT2D eigenvalue weighted by atomic mass is 16.6. The Morgan fingerprint density at radius 1 is 1.13 bits per heavy atom. The van der Waals surface area contributed by atoms with E-state index < -0.39 is 5.60 Å². The minimum absolute atomic E-state index is 0.301. The highest BCUT2D eigenvalue weighted by Crippen LogP contribution is 2.27. The minimum Gasteiger partial charge on any atom is -0.444 e. The van der Waals surface area contributed by atoms with Crippen molar-refractivity contribution < 1.29 is 9.53 Å². The maximum Gasteiger partial charge on any atom is 0.407 e. The van der Waals surface area contributed by atoms with Gasteiger partial charge in [0.1, 0.15) is 5.60 Å². The monoisotopic (exact) mass is 326 g/mol. The van der Waals surface area contributed by atoms with E-state index in [4.69, 9.17) is 4.74 Å². The number of nitrogens with one attached hydrogen (secondary N) is 2.